The smallest absolute Gasteiger partial charge is 0.246 e. The predicted molar refractivity (Wildman–Crippen MR) is 80.6 cm³/mol. The highest BCUT2D eigenvalue weighted by molar-refractivity contribution is 5.91. The van der Waals surface area contributed by atoms with Crippen molar-refractivity contribution in [2.24, 2.45) is 0 Å². The zero-order chi connectivity index (χ0) is 14.7. The Morgan fingerprint density at radius 2 is 2.19 bits per heavy atom. The molecule has 0 N–H and O–H groups in total. The molecule has 108 valence electrons. The van der Waals surface area contributed by atoms with E-state index in [9.17, 15) is 4.79 Å². The molecular formula is C16H17N3O2. The average molecular weight is 283 g/mol. The maximum Gasteiger partial charge on any atom is 0.246 e. The highest BCUT2D eigenvalue weighted by Crippen LogP contribution is 2.10. The first kappa shape index (κ1) is 13.7. The van der Waals surface area contributed by atoms with Gasteiger partial charge < -0.3 is 9.64 Å². The number of carbonyl (C=O) groups is 1. The van der Waals surface area contributed by atoms with Crippen molar-refractivity contribution < 1.29 is 9.53 Å². The third kappa shape index (κ3) is 3.25. The Morgan fingerprint density at radius 1 is 1.38 bits per heavy atom. The number of hydrogen-bond acceptors (Lipinski definition) is 4. The van der Waals surface area contributed by atoms with Gasteiger partial charge in [-0.3, -0.25) is 9.78 Å². The van der Waals surface area contributed by atoms with Gasteiger partial charge in [0.05, 0.1) is 35.6 Å². The van der Waals surface area contributed by atoms with Crippen molar-refractivity contribution in [3.63, 3.8) is 0 Å². The molecule has 1 aliphatic rings. The summed E-state index contributed by atoms with van der Waals surface area (Å²) >= 11 is 0. The molecule has 0 spiro atoms. The van der Waals surface area contributed by atoms with E-state index in [2.05, 4.69) is 9.97 Å². The number of morpholine rings is 1. The van der Waals surface area contributed by atoms with E-state index in [4.69, 9.17) is 4.74 Å². The molecule has 1 saturated heterocycles. The van der Waals surface area contributed by atoms with Gasteiger partial charge in [0, 0.05) is 19.2 Å². The molecule has 21 heavy (non-hydrogen) atoms. The van der Waals surface area contributed by atoms with Gasteiger partial charge >= 0.3 is 0 Å². The van der Waals surface area contributed by atoms with Crippen molar-refractivity contribution in [1.82, 2.24) is 14.9 Å². The first-order valence-corrected chi connectivity index (χ1v) is 7.03. The van der Waals surface area contributed by atoms with Gasteiger partial charge in [-0.1, -0.05) is 12.1 Å². The minimum atomic E-state index is -0.0138. The fraction of sp³-hybridized carbons (Fsp3) is 0.312. The van der Waals surface area contributed by atoms with Crippen molar-refractivity contribution in [2.45, 2.75) is 13.0 Å². The van der Waals surface area contributed by atoms with Crippen LogP contribution in [0.5, 0.6) is 0 Å². The van der Waals surface area contributed by atoms with Gasteiger partial charge in [-0.2, -0.15) is 0 Å². The van der Waals surface area contributed by atoms with Crippen LogP contribution >= 0.6 is 0 Å². The Bertz CT molecular complexity index is 684. The zero-order valence-corrected chi connectivity index (χ0v) is 11.9. The van der Waals surface area contributed by atoms with Crippen LogP contribution in [-0.4, -0.2) is 46.6 Å². The molecule has 1 aromatic heterocycles. The summed E-state index contributed by atoms with van der Waals surface area (Å²) in [6.07, 6.45) is 5.03. The highest BCUT2D eigenvalue weighted by Gasteiger charge is 2.19. The molecule has 1 atom stereocenters. The van der Waals surface area contributed by atoms with Crippen LogP contribution in [0.4, 0.5) is 0 Å². The Hall–Kier alpha value is -2.27. The average Bonchev–Trinajstić information content (AvgIpc) is 2.52. The summed E-state index contributed by atoms with van der Waals surface area (Å²) in [5.41, 5.74) is 2.36. The third-order valence-corrected chi connectivity index (χ3v) is 3.42. The maximum atomic E-state index is 12.1. The summed E-state index contributed by atoms with van der Waals surface area (Å²) in [5, 5.41) is 0. The highest BCUT2D eigenvalue weighted by atomic mass is 16.5. The van der Waals surface area contributed by atoms with E-state index in [1.807, 2.05) is 31.2 Å². The van der Waals surface area contributed by atoms with Crippen LogP contribution in [0, 0.1) is 0 Å². The van der Waals surface area contributed by atoms with Crippen molar-refractivity contribution in [1.29, 1.82) is 0 Å². The van der Waals surface area contributed by atoms with Crippen LogP contribution in [0.15, 0.2) is 36.5 Å². The molecule has 0 radical (unpaired) electrons. The van der Waals surface area contributed by atoms with E-state index in [0.717, 1.165) is 11.0 Å². The van der Waals surface area contributed by atoms with Crippen LogP contribution in [0.3, 0.4) is 0 Å². The van der Waals surface area contributed by atoms with Crippen LogP contribution in [0.2, 0.25) is 0 Å². The minimum Gasteiger partial charge on any atom is -0.375 e. The van der Waals surface area contributed by atoms with E-state index in [1.165, 1.54) is 0 Å². The third-order valence-electron chi connectivity index (χ3n) is 3.42. The number of aromatic nitrogens is 2. The maximum absolute atomic E-state index is 12.1. The molecule has 3 rings (SSSR count). The van der Waals surface area contributed by atoms with Crippen LogP contribution < -0.4 is 0 Å². The Morgan fingerprint density at radius 3 is 3.00 bits per heavy atom. The number of fused-ring (bicyclic) bond motifs is 1. The van der Waals surface area contributed by atoms with Gasteiger partial charge in [0.15, 0.2) is 0 Å². The molecule has 1 aromatic carbocycles. The number of benzene rings is 1. The van der Waals surface area contributed by atoms with Crippen LogP contribution in [0.25, 0.3) is 17.1 Å². The quantitative estimate of drug-likeness (QED) is 0.790. The number of para-hydroxylation sites is 2. The van der Waals surface area contributed by atoms with Gasteiger partial charge in [-0.15, -0.1) is 0 Å². The molecule has 5 heteroatoms. The molecule has 2 heterocycles. The SMILES string of the molecule is CC1CN(C(=O)/C=C/c2cnc3ccccc3n2)CCO1. The standard InChI is InChI=1S/C16H17N3O2/c1-12-11-19(8-9-21-12)16(20)7-6-13-10-17-14-4-2-3-5-15(14)18-13/h2-7,10,12H,8-9,11H2,1H3/b7-6+. The summed E-state index contributed by atoms with van der Waals surface area (Å²) in [5.74, 6) is -0.0138. The molecular weight excluding hydrogens is 266 g/mol. The predicted octanol–water partition coefficient (Wildman–Crippen LogP) is 1.89. The lowest BCUT2D eigenvalue weighted by Gasteiger charge is -2.30. The lowest BCUT2D eigenvalue weighted by Crippen LogP contribution is -2.43. The molecule has 2 aromatic rings. The Kier molecular flexibility index (Phi) is 3.92. The number of ether oxygens (including phenoxy) is 1. The van der Waals surface area contributed by atoms with Gasteiger partial charge in [0.2, 0.25) is 5.91 Å². The van der Waals surface area contributed by atoms with Crippen LogP contribution in [-0.2, 0) is 9.53 Å². The number of carbonyl (C=O) groups excluding carboxylic acids is 1. The van der Waals surface area contributed by atoms with E-state index < -0.39 is 0 Å². The Labute approximate surface area is 123 Å². The van der Waals surface area contributed by atoms with Crippen molar-refractivity contribution in [2.75, 3.05) is 19.7 Å². The second-order valence-electron chi connectivity index (χ2n) is 5.08. The summed E-state index contributed by atoms with van der Waals surface area (Å²) in [4.78, 5) is 22.7. The van der Waals surface area contributed by atoms with E-state index in [0.29, 0.717) is 25.4 Å². The summed E-state index contributed by atoms with van der Waals surface area (Å²) < 4.78 is 5.43. The topological polar surface area (TPSA) is 55.3 Å². The summed E-state index contributed by atoms with van der Waals surface area (Å²) in [7, 11) is 0. The normalized spacial score (nSPS) is 19.3. The molecule has 0 aliphatic carbocycles. The first-order chi connectivity index (χ1) is 10.2. The molecule has 1 unspecified atom stereocenters. The number of rotatable bonds is 2. The number of nitrogens with zero attached hydrogens (tertiary/aromatic N) is 3. The van der Waals surface area contributed by atoms with Gasteiger partial charge in [-0.25, -0.2) is 4.98 Å². The van der Waals surface area contributed by atoms with Gasteiger partial charge in [0.1, 0.15) is 0 Å². The molecule has 1 aliphatic heterocycles. The monoisotopic (exact) mass is 283 g/mol. The largest absolute Gasteiger partial charge is 0.375 e. The molecule has 1 amide bonds. The van der Waals surface area contributed by atoms with Crippen molar-refractivity contribution >= 4 is 23.0 Å². The fourth-order valence-electron chi connectivity index (χ4n) is 2.33. The summed E-state index contributed by atoms with van der Waals surface area (Å²) in [6, 6.07) is 7.67. The van der Waals surface area contributed by atoms with Crippen LogP contribution in [0.1, 0.15) is 12.6 Å². The first-order valence-electron chi connectivity index (χ1n) is 7.03. The number of amides is 1. The minimum absolute atomic E-state index is 0.0138. The molecule has 1 fully saturated rings. The van der Waals surface area contributed by atoms with Gasteiger partial charge in [0.25, 0.3) is 0 Å². The zero-order valence-electron chi connectivity index (χ0n) is 11.9. The van der Waals surface area contributed by atoms with Gasteiger partial charge in [-0.05, 0) is 25.1 Å². The van der Waals surface area contributed by atoms with Crippen molar-refractivity contribution in [3.8, 4) is 0 Å². The second-order valence-corrected chi connectivity index (χ2v) is 5.08. The second kappa shape index (κ2) is 6.01. The molecule has 0 saturated carbocycles. The molecule has 0 bridgehead atoms. The lowest BCUT2D eigenvalue weighted by molar-refractivity contribution is -0.132. The number of hydrogen-bond donors (Lipinski definition) is 0. The lowest BCUT2D eigenvalue weighted by atomic mass is 10.2. The Balaban J connectivity index is 1.73. The van der Waals surface area contributed by atoms with E-state index >= 15 is 0 Å². The fourth-order valence-corrected chi connectivity index (χ4v) is 2.33. The molecule has 5 nitrogen and oxygen atoms in total. The van der Waals surface area contributed by atoms with E-state index in [-0.39, 0.29) is 12.0 Å². The van der Waals surface area contributed by atoms with E-state index in [1.54, 1.807) is 23.2 Å². The van der Waals surface area contributed by atoms with Crippen molar-refractivity contribution in [3.05, 3.63) is 42.2 Å². The summed E-state index contributed by atoms with van der Waals surface area (Å²) in [6.45, 7) is 3.83.